The van der Waals surface area contributed by atoms with Crippen LogP contribution in [0.25, 0.3) is 22.0 Å². The minimum atomic E-state index is -3.87. The van der Waals surface area contributed by atoms with Crippen molar-refractivity contribution < 1.29 is 13.2 Å². The van der Waals surface area contributed by atoms with Crippen LogP contribution in [0.5, 0.6) is 0 Å². The molecule has 35 heavy (non-hydrogen) atoms. The zero-order valence-electron chi connectivity index (χ0n) is 19.8. The molecule has 0 atom stereocenters. The number of fused-ring (bicyclic) bond motifs is 1. The molecule has 0 radical (unpaired) electrons. The van der Waals surface area contributed by atoms with E-state index in [1.807, 2.05) is 50.2 Å². The molecule has 0 saturated heterocycles. The number of amides is 1. The number of anilines is 2. The molecule has 1 amide bonds. The molecule has 9 heteroatoms. The van der Waals surface area contributed by atoms with Gasteiger partial charge in [-0.05, 0) is 56.7 Å². The summed E-state index contributed by atoms with van der Waals surface area (Å²) in [6.07, 6.45) is 0. The highest BCUT2D eigenvalue weighted by atomic mass is 32.2. The number of rotatable bonds is 7. The molecule has 0 saturated carbocycles. The maximum Gasteiger partial charge on any atom is 0.253 e. The van der Waals surface area contributed by atoms with E-state index in [1.165, 1.54) is 6.07 Å². The molecule has 3 N–H and O–H groups in total. The highest BCUT2D eigenvalue weighted by Crippen LogP contribution is 2.32. The predicted octanol–water partition coefficient (Wildman–Crippen LogP) is 4.48. The average Bonchev–Trinajstić information content (AvgIpc) is 2.85. The fourth-order valence-electron chi connectivity index (χ4n) is 3.99. The van der Waals surface area contributed by atoms with Gasteiger partial charge in [-0.2, -0.15) is 0 Å². The number of nitrogens with two attached hydrogens (primary N) is 1. The van der Waals surface area contributed by atoms with Gasteiger partial charge >= 0.3 is 0 Å². The van der Waals surface area contributed by atoms with Crippen molar-refractivity contribution in [3.63, 3.8) is 0 Å². The molecule has 0 aliphatic rings. The largest absolute Gasteiger partial charge is 0.339 e. The van der Waals surface area contributed by atoms with Gasteiger partial charge in [-0.3, -0.25) is 4.79 Å². The van der Waals surface area contributed by atoms with Gasteiger partial charge in [0.2, 0.25) is 10.0 Å². The van der Waals surface area contributed by atoms with Crippen LogP contribution in [0.4, 0.5) is 11.5 Å². The normalized spacial score (nSPS) is 11.4. The Morgan fingerprint density at radius 3 is 2.23 bits per heavy atom. The summed E-state index contributed by atoms with van der Waals surface area (Å²) in [7, 11) is -3.87. The second-order valence-corrected chi connectivity index (χ2v) is 9.68. The first-order valence-electron chi connectivity index (χ1n) is 11.3. The zero-order chi connectivity index (χ0) is 25.2. The minimum Gasteiger partial charge on any atom is -0.339 e. The van der Waals surface area contributed by atoms with Crippen LogP contribution in [0.3, 0.4) is 0 Å². The molecular formula is C26H27N5O3S. The summed E-state index contributed by atoms with van der Waals surface area (Å²) < 4.78 is 24.0. The maximum atomic E-state index is 12.6. The zero-order valence-corrected chi connectivity index (χ0v) is 20.6. The third-order valence-corrected chi connectivity index (χ3v) is 6.95. The van der Waals surface area contributed by atoms with Crippen molar-refractivity contribution >= 4 is 38.2 Å². The summed E-state index contributed by atoms with van der Waals surface area (Å²) in [5.41, 5.74) is 3.11. The Hall–Kier alpha value is -3.82. The summed E-state index contributed by atoms with van der Waals surface area (Å²) in [4.78, 5) is 14.4. The molecule has 0 bridgehead atoms. The van der Waals surface area contributed by atoms with Crippen LogP contribution < -0.4 is 10.5 Å². The topological polar surface area (TPSA) is 118 Å². The van der Waals surface area contributed by atoms with Crippen molar-refractivity contribution in [3.8, 4) is 11.3 Å². The van der Waals surface area contributed by atoms with Gasteiger partial charge in [-0.25, -0.2) is 13.6 Å². The maximum absolute atomic E-state index is 12.6. The Bertz CT molecular complexity index is 1500. The Balaban J connectivity index is 1.70. The number of aryl methyl sites for hydroxylation is 1. The highest BCUT2D eigenvalue weighted by molar-refractivity contribution is 7.89. The van der Waals surface area contributed by atoms with Gasteiger partial charge in [-0.1, -0.05) is 36.4 Å². The van der Waals surface area contributed by atoms with Gasteiger partial charge in [0.25, 0.3) is 5.91 Å². The average molecular weight is 490 g/mol. The molecule has 3 aromatic carbocycles. The number of hydrogen-bond donors (Lipinski definition) is 2. The fourth-order valence-corrected chi connectivity index (χ4v) is 4.80. The Morgan fingerprint density at radius 2 is 1.60 bits per heavy atom. The SMILES string of the molecule is CCN(CC)C(=O)c1ccc(Nc2nnc(-c3ccc(C)c(S(N)(=O)=O)c3)c3ccccc23)cc1. The number of primary sulfonamides is 1. The van der Waals surface area contributed by atoms with Crippen molar-refractivity contribution in [3.05, 3.63) is 77.9 Å². The first-order valence-corrected chi connectivity index (χ1v) is 12.8. The molecule has 1 heterocycles. The van der Waals surface area contributed by atoms with E-state index in [9.17, 15) is 13.2 Å². The lowest BCUT2D eigenvalue weighted by molar-refractivity contribution is 0.0773. The van der Waals surface area contributed by atoms with Crippen LogP contribution in [0.1, 0.15) is 29.8 Å². The monoisotopic (exact) mass is 489 g/mol. The molecular weight excluding hydrogens is 462 g/mol. The number of nitrogens with one attached hydrogen (secondary N) is 1. The lowest BCUT2D eigenvalue weighted by Gasteiger charge is -2.18. The molecule has 180 valence electrons. The second kappa shape index (κ2) is 9.81. The van der Waals surface area contributed by atoms with Gasteiger partial charge < -0.3 is 10.2 Å². The fraction of sp³-hybridized carbons (Fsp3) is 0.192. The van der Waals surface area contributed by atoms with Crippen molar-refractivity contribution in [2.75, 3.05) is 18.4 Å². The lowest BCUT2D eigenvalue weighted by atomic mass is 10.0. The smallest absolute Gasteiger partial charge is 0.253 e. The Kier molecular flexibility index (Phi) is 6.81. The first-order chi connectivity index (χ1) is 16.7. The van der Waals surface area contributed by atoms with E-state index in [-0.39, 0.29) is 10.8 Å². The van der Waals surface area contributed by atoms with Crippen LogP contribution in [-0.2, 0) is 10.0 Å². The van der Waals surface area contributed by atoms with E-state index in [1.54, 1.807) is 36.1 Å². The van der Waals surface area contributed by atoms with Gasteiger partial charge in [0.05, 0.1) is 4.90 Å². The van der Waals surface area contributed by atoms with Crippen molar-refractivity contribution in [1.29, 1.82) is 0 Å². The molecule has 8 nitrogen and oxygen atoms in total. The minimum absolute atomic E-state index is 0.00638. The van der Waals surface area contributed by atoms with Gasteiger partial charge in [0.1, 0.15) is 5.69 Å². The van der Waals surface area contributed by atoms with E-state index in [0.717, 1.165) is 16.5 Å². The van der Waals surface area contributed by atoms with Crippen LogP contribution in [0.15, 0.2) is 71.6 Å². The van der Waals surface area contributed by atoms with Crippen molar-refractivity contribution in [2.24, 2.45) is 5.14 Å². The van der Waals surface area contributed by atoms with E-state index in [2.05, 4.69) is 15.5 Å². The van der Waals surface area contributed by atoms with Crippen LogP contribution >= 0.6 is 0 Å². The molecule has 0 aliphatic carbocycles. The van der Waals surface area contributed by atoms with Gasteiger partial charge in [-0.15, -0.1) is 10.2 Å². The summed E-state index contributed by atoms with van der Waals surface area (Å²) in [6.45, 7) is 6.92. The second-order valence-electron chi connectivity index (χ2n) is 8.15. The molecule has 4 rings (SSSR count). The third-order valence-electron chi connectivity index (χ3n) is 5.90. The molecule has 1 aromatic heterocycles. The van der Waals surface area contributed by atoms with Crippen LogP contribution in [0.2, 0.25) is 0 Å². The third kappa shape index (κ3) is 5.01. The van der Waals surface area contributed by atoms with Crippen LogP contribution in [0, 0.1) is 6.92 Å². The standard InChI is InChI=1S/C26H27N5O3S/c1-4-31(5-2)26(32)18-12-14-20(15-13-18)28-25-22-9-7-6-8-21(22)24(29-30-25)19-11-10-17(3)23(16-19)35(27,33)34/h6-16H,4-5H2,1-3H3,(H,28,30)(H2,27,33,34). The lowest BCUT2D eigenvalue weighted by Crippen LogP contribution is -2.30. The van der Waals surface area contributed by atoms with E-state index in [4.69, 9.17) is 5.14 Å². The van der Waals surface area contributed by atoms with Gasteiger partial charge in [0, 0.05) is 40.7 Å². The predicted molar refractivity (Wildman–Crippen MR) is 138 cm³/mol. The summed E-state index contributed by atoms with van der Waals surface area (Å²) in [5, 5.41) is 19.1. The number of aromatic nitrogens is 2. The van der Waals surface area contributed by atoms with E-state index >= 15 is 0 Å². The number of sulfonamides is 1. The Morgan fingerprint density at radius 1 is 0.943 bits per heavy atom. The van der Waals surface area contributed by atoms with E-state index < -0.39 is 10.0 Å². The van der Waals surface area contributed by atoms with E-state index in [0.29, 0.717) is 41.3 Å². The molecule has 0 spiro atoms. The summed E-state index contributed by atoms with van der Waals surface area (Å²) >= 11 is 0. The van der Waals surface area contributed by atoms with Crippen molar-refractivity contribution in [1.82, 2.24) is 15.1 Å². The molecule has 4 aromatic rings. The van der Waals surface area contributed by atoms with Gasteiger partial charge in [0.15, 0.2) is 5.82 Å². The first kappa shape index (κ1) is 24.3. The number of hydrogen-bond acceptors (Lipinski definition) is 6. The van der Waals surface area contributed by atoms with Crippen LogP contribution in [-0.4, -0.2) is 42.5 Å². The highest BCUT2D eigenvalue weighted by Gasteiger charge is 2.17. The number of benzene rings is 3. The summed E-state index contributed by atoms with van der Waals surface area (Å²) in [6, 6.07) is 19.9. The number of nitrogens with zero attached hydrogens (tertiary/aromatic N) is 3. The molecule has 0 unspecified atom stereocenters. The quantitative estimate of drug-likeness (QED) is 0.395. The van der Waals surface area contributed by atoms with Crippen molar-refractivity contribution in [2.45, 2.75) is 25.7 Å². The summed E-state index contributed by atoms with van der Waals surface area (Å²) in [5.74, 6) is 0.541. The number of carbonyl (C=O) groups excluding carboxylic acids is 1. The molecule has 0 fully saturated rings. The number of carbonyl (C=O) groups is 1. The Labute approximate surface area is 204 Å². The molecule has 0 aliphatic heterocycles.